The van der Waals surface area contributed by atoms with E-state index in [1.54, 1.807) is 15.8 Å². The molecule has 1 fully saturated rings. The Morgan fingerprint density at radius 2 is 2.00 bits per heavy atom. The van der Waals surface area contributed by atoms with Gasteiger partial charge in [-0.15, -0.1) is 5.10 Å². The van der Waals surface area contributed by atoms with Gasteiger partial charge >= 0.3 is 0 Å². The molecule has 1 saturated heterocycles. The van der Waals surface area contributed by atoms with E-state index in [4.69, 9.17) is 0 Å². The van der Waals surface area contributed by atoms with E-state index in [-0.39, 0.29) is 35.2 Å². The van der Waals surface area contributed by atoms with Crippen LogP contribution in [0.25, 0.3) is 0 Å². The number of rotatable bonds is 3. The van der Waals surface area contributed by atoms with Crippen molar-refractivity contribution in [1.29, 1.82) is 0 Å². The van der Waals surface area contributed by atoms with Crippen LogP contribution in [0.1, 0.15) is 34.8 Å². The molecule has 2 aliphatic heterocycles. The first-order valence-electron chi connectivity index (χ1n) is 9.24. The number of anilines is 1. The minimum Gasteiger partial charge on any atom is -0.353 e. The summed E-state index contributed by atoms with van der Waals surface area (Å²) in [6.07, 6.45) is 1.76. The third-order valence-electron chi connectivity index (χ3n) is 5.18. The summed E-state index contributed by atoms with van der Waals surface area (Å²) in [5, 5.41) is 11.0. The second kappa shape index (κ2) is 6.98. The third kappa shape index (κ3) is 3.24. The highest BCUT2D eigenvalue weighted by atomic mass is 16.2. The lowest BCUT2D eigenvalue weighted by molar-refractivity contribution is 0.0730. The molecule has 0 aromatic carbocycles. The predicted molar refractivity (Wildman–Crippen MR) is 98.5 cm³/mol. The minimum absolute atomic E-state index is 0.00318. The molecule has 2 aliphatic rings. The van der Waals surface area contributed by atoms with Crippen LogP contribution in [0.4, 0.5) is 5.82 Å². The zero-order valence-electron chi connectivity index (χ0n) is 15.5. The fraction of sp³-hybridized carbons (Fsp3) is 0.500. The molecule has 1 unspecified atom stereocenters. The Morgan fingerprint density at radius 3 is 2.67 bits per heavy atom. The Hall–Kier alpha value is -2.97. The average molecular weight is 369 g/mol. The van der Waals surface area contributed by atoms with Gasteiger partial charge in [-0.25, -0.2) is 9.67 Å². The highest BCUT2D eigenvalue weighted by molar-refractivity contribution is 6.05. The summed E-state index contributed by atoms with van der Waals surface area (Å²) in [4.78, 5) is 33.7. The summed E-state index contributed by atoms with van der Waals surface area (Å²) < 4.78 is 1.56. The molecule has 142 valence electrons. The molecule has 9 heteroatoms. The first-order chi connectivity index (χ1) is 13.0. The van der Waals surface area contributed by atoms with Gasteiger partial charge in [0.1, 0.15) is 5.82 Å². The van der Waals surface area contributed by atoms with E-state index in [0.717, 1.165) is 5.82 Å². The molecule has 2 aromatic rings. The van der Waals surface area contributed by atoms with Gasteiger partial charge in [0.25, 0.3) is 11.8 Å². The van der Waals surface area contributed by atoms with Crippen LogP contribution in [0.2, 0.25) is 0 Å². The van der Waals surface area contributed by atoms with Crippen LogP contribution < -0.4 is 10.2 Å². The highest BCUT2D eigenvalue weighted by Crippen LogP contribution is 2.19. The van der Waals surface area contributed by atoms with E-state index in [1.165, 1.54) is 0 Å². The number of carbonyl (C=O) groups is 2. The SMILES string of the molecule is CC(C)C1Cn2nnc(C(=O)N3CCN(c4ccccn4)CC3)c2C(=O)N1. The van der Waals surface area contributed by atoms with Gasteiger partial charge in [-0.2, -0.15) is 0 Å². The first-order valence-corrected chi connectivity index (χ1v) is 9.24. The van der Waals surface area contributed by atoms with Crippen molar-refractivity contribution in [2.24, 2.45) is 5.92 Å². The molecular formula is C18H23N7O2. The van der Waals surface area contributed by atoms with Crippen LogP contribution in [-0.2, 0) is 6.54 Å². The van der Waals surface area contributed by atoms with E-state index >= 15 is 0 Å². The van der Waals surface area contributed by atoms with Crippen LogP contribution in [0.3, 0.4) is 0 Å². The lowest BCUT2D eigenvalue weighted by atomic mass is 10.0. The fourth-order valence-corrected chi connectivity index (χ4v) is 3.49. The van der Waals surface area contributed by atoms with Crippen molar-refractivity contribution in [3.8, 4) is 0 Å². The van der Waals surface area contributed by atoms with E-state index in [2.05, 4.69) is 25.5 Å². The maximum atomic E-state index is 12.9. The second-order valence-electron chi connectivity index (χ2n) is 7.26. The quantitative estimate of drug-likeness (QED) is 0.842. The monoisotopic (exact) mass is 369 g/mol. The Morgan fingerprint density at radius 1 is 1.22 bits per heavy atom. The third-order valence-corrected chi connectivity index (χ3v) is 5.18. The molecule has 2 amide bonds. The number of hydrogen-bond donors (Lipinski definition) is 1. The highest BCUT2D eigenvalue weighted by Gasteiger charge is 2.35. The first kappa shape index (κ1) is 17.4. The van der Waals surface area contributed by atoms with Gasteiger partial charge in [0.2, 0.25) is 0 Å². The van der Waals surface area contributed by atoms with Crippen LogP contribution in [0.5, 0.6) is 0 Å². The second-order valence-corrected chi connectivity index (χ2v) is 7.26. The lowest BCUT2D eigenvalue weighted by Gasteiger charge is -2.35. The number of carbonyl (C=O) groups excluding carboxylic acids is 2. The fourth-order valence-electron chi connectivity index (χ4n) is 3.49. The van der Waals surface area contributed by atoms with Gasteiger partial charge in [-0.05, 0) is 18.1 Å². The van der Waals surface area contributed by atoms with Crippen molar-refractivity contribution in [3.63, 3.8) is 0 Å². The number of amides is 2. The molecule has 0 radical (unpaired) electrons. The van der Waals surface area contributed by atoms with Gasteiger partial charge in [0.05, 0.1) is 12.6 Å². The van der Waals surface area contributed by atoms with Crippen LogP contribution in [0.15, 0.2) is 24.4 Å². The molecule has 0 bridgehead atoms. The zero-order valence-corrected chi connectivity index (χ0v) is 15.5. The number of aromatic nitrogens is 4. The molecule has 2 aromatic heterocycles. The van der Waals surface area contributed by atoms with Crippen LogP contribution in [0, 0.1) is 5.92 Å². The Bertz CT molecular complexity index is 841. The van der Waals surface area contributed by atoms with E-state index in [0.29, 0.717) is 32.7 Å². The minimum atomic E-state index is -0.277. The molecule has 27 heavy (non-hydrogen) atoms. The summed E-state index contributed by atoms with van der Waals surface area (Å²) in [5.74, 6) is 0.672. The number of hydrogen-bond acceptors (Lipinski definition) is 6. The predicted octanol–water partition coefficient (Wildman–Crippen LogP) is 0.404. The van der Waals surface area contributed by atoms with E-state index in [1.807, 2.05) is 32.0 Å². The summed E-state index contributed by atoms with van der Waals surface area (Å²) in [6.45, 7) is 7.10. The number of fused-ring (bicyclic) bond motifs is 1. The van der Waals surface area contributed by atoms with Crippen molar-refractivity contribution < 1.29 is 9.59 Å². The largest absolute Gasteiger partial charge is 0.353 e. The molecule has 0 saturated carbocycles. The number of nitrogens with one attached hydrogen (secondary N) is 1. The van der Waals surface area contributed by atoms with Crippen LogP contribution in [-0.4, -0.2) is 68.9 Å². The summed E-state index contributed by atoms with van der Waals surface area (Å²) in [6, 6.07) is 5.79. The van der Waals surface area contributed by atoms with Crippen molar-refractivity contribution >= 4 is 17.6 Å². The zero-order chi connectivity index (χ0) is 19.0. The van der Waals surface area contributed by atoms with Crippen molar-refractivity contribution in [3.05, 3.63) is 35.8 Å². The summed E-state index contributed by atoms with van der Waals surface area (Å²) in [7, 11) is 0. The van der Waals surface area contributed by atoms with Crippen molar-refractivity contribution in [2.75, 3.05) is 31.1 Å². The number of pyridine rings is 1. The molecular weight excluding hydrogens is 346 g/mol. The molecule has 0 aliphatic carbocycles. The average Bonchev–Trinajstić information content (AvgIpc) is 3.13. The van der Waals surface area contributed by atoms with E-state index in [9.17, 15) is 9.59 Å². The summed E-state index contributed by atoms with van der Waals surface area (Å²) in [5.41, 5.74) is 0.407. The number of nitrogens with zero attached hydrogens (tertiary/aromatic N) is 6. The van der Waals surface area contributed by atoms with Gasteiger partial charge in [0, 0.05) is 32.4 Å². The lowest BCUT2D eigenvalue weighted by Crippen LogP contribution is -2.50. The Kier molecular flexibility index (Phi) is 4.51. The van der Waals surface area contributed by atoms with Gasteiger partial charge < -0.3 is 15.1 Å². The number of piperazine rings is 1. The standard InChI is InChI=1S/C18H23N7O2/c1-12(2)13-11-25-16(17(26)20-13)15(21-22-25)18(27)24-9-7-23(8-10-24)14-5-3-4-6-19-14/h3-6,12-13H,7-11H2,1-2H3,(H,20,26). The molecule has 9 nitrogen and oxygen atoms in total. The van der Waals surface area contributed by atoms with Gasteiger partial charge in [-0.1, -0.05) is 25.1 Å². The Labute approximate surface area is 157 Å². The maximum absolute atomic E-state index is 12.9. The Balaban J connectivity index is 1.47. The molecule has 4 rings (SSSR count). The maximum Gasteiger partial charge on any atom is 0.277 e. The van der Waals surface area contributed by atoms with Crippen molar-refractivity contribution in [2.45, 2.75) is 26.4 Å². The van der Waals surface area contributed by atoms with Gasteiger partial charge in [0.15, 0.2) is 11.4 Å². The smallest absolute Gasteiger partial charge is 0.277 e. The molecule has 1 atom stereocenters. The molecule has 1 N–H and O–H groups in total. The van der Waals surface area contributed by atoms with Crippen LogP contribution >= 0.6 is 0 Å². The molecule has 4 heterocycles. The molecule has 0 spiro atoms. The van der Waals surface area contributed by atoms with Crippen molar-refractivity contribution in [1.82, 2.24) is 30.2 Å². The summed E-state index contributed by atoms with van der Waals surface area (Å²) >= 11 is 0. The normalized spacial score (nSPS) is 19.8. The van der Waals surface area contributed by atoms with E-state index < -0.39 is 0 Å². The topological polar surface area (TPSA) is 96.2 Å². The van der Waals surface area contributed by atoms with Gasteiger partial charge in [-0.3, -0.25) is 9.59 Å².